The zero-order valence-electron chi connectivity index (χ0n) is 15.7. The molecule has 1 aliphatic carbocycles. The fourth-order valence-electron chi connectivity index (χ4n) is 3.95. The number of nitrogens with zero attached hydrogens (tertiary/aromatic N) is 5. The van der Waals surface area contributed by atoms with Crippen LogP contribution in [0.4, 0.5) is 5.95 Å². The lowest BCUT2D eigenvalue weighted by molar-refractivity contribution is 0.0681. The maximum Gasteiger partial charge on any atom is 0.241 e. The van der Waals surface area contributed by atoms with Crippen molar-refractivity contribution >= 4 is 22.5 Å². The molecule has 4 aromatic rings. The zero-order valence-corrected chi connectivity index (χ0v) is 15.7. The Morgan fingerprint density at radius 1 is 1.07 bits per heavy atom. The smallest absolute Gasteiger partial charge is 0.241 e. The normalized spacial score (nSPS) is 19.9. The largest absolute Gasteiger partial charge is 0.381 e. The average Bonchev–Trinajstić information content (AvgIpc) is 3.17. The second-order valence-electron chi connectivity index (χ2n) is 7.27. The van der Waals surface area contributed by atoms with Crippen LogP contribution in [0.15, 0.2) is 49.1 Å². The van der Waals surface area contributed by atoms with Crippen molar-refractivity contribution in [3.8, 4) is 11.1 Å². The fourth-order valence-corrected chi connectivity index (χ4v) is 3.95. The van der Waals surface area contributed by atoms with E-state index in [0.29, 0.717) is 18.1 Å². The van der Waals surface area contributed by atoms with Gasteiger partial charge in [0.25, 0.3) is 0 Å². The first-order chi connectivity index (χ1) is 13.8. The summed E-state index contributed by atoms with van der Waals surface area (Å²) in [6, 6.07) is 8.50. The quantitative estimate of drug-likeness (QED) is 0.587. The molecule has 0 spiro atoms. The third-order valence-electron chi connectivity index (χ3n) is 5.52. The Morgan fingerprint density at radius 3 is 2.82 bits per heavy atom. The topological polar surface area (TPSA) is 77.2 Å². The molecule has 0 unspecified atom stereocenters. The van der Waals surface area contributed by atoms with Crippen molar-refractivity contribution in [3.63, 3.8) is 0 Å². The molecule has 142 valence electrons. The number of ether oxygens (including phenoxy) is 1. The zero-order chi connectivity index (χ0) is 18.9. The number of methoxy groups -OCH3 is 1. The molecule has 7 nitrogen and oxygen atoms in total. The second-order valence-corrected chi connectivity index (χ2v) is 7.27. The summed E-state index contributed by atoms with van der Waals surface area (Å²) in [6.07, 6.45) is 12.1. The van der Waals surface area contributed by atoms with Gasteiger partial charge in [0, 0.05) is 48.3 Å². The SMILES string of the molecule is COC1CCC(Nc2ncc3c(-c4cnc5ncccc5c4)ccn3n2)CC1. The number of pyridine rings is 2. The van der Waals surface area contributed by atoms with Crippen LogP contribution < -0.4 is 5.32 Å². The van der Waals surface area contributed by atoms with E-state index in [0.717, 1.165) is 53.4 Å². The number of nitrogens with one attached hydrogen (secondary N) is 1. The van der Waals surface area contributed by atoms with Crippen molar-refractivity contribution in [2.75, 3.05) is 12.4 Å². The molecule has 0 aromatic carbocycles. The summed E-state index contributed by atoms with van der Waals surface area (Å²) < 4.78 is 7.32. The lowest BCUT2D eigenvalue weighted by atomic mass is 9.93. The predicted octanol–water partition coefficient (Wildman–Crippen LogP) is 3.71. The van der Waals surface area contributed by atoms with Crippen molar-refractivity contribution < 1.29 is 4.74 Å². The van der Waals surface area contributed by atoms with Crippen LogP contribution in [-0.2, 0) is 4.74 Å². The van der Waals surface area contributed by atoms with E-state index in [-0.39, 0.29) is 0 Å². The van der Waals surface area contributed by atoms with Gasteiger partial charge in [0.05, 0.1) is 17.8 Å². The first kappa shape index (κ1) is 17.1. The lowest BCUT2D eigenvalue weighted by Gasteiger charge is -2.28. The molecule has 5 rings (SSSR count). The van der Waals surface area contributed by atoms with Crippen LogP contribution in [0.3, 0.4) is 0 Å². The molecule has 1 fully saturated rings. The maximum atomic E-state index is 5.45. The third kappa shape index (κ3) is 3.18. The molecule has 7 heteroatoms. The number of hydrogen-bond acceptors (Lipinski definition) is 6. The highest BCUT2D eigenvalue weighted by molar-refractivity contribution is 5.86. The van der Waals surface area contributed by atoms with E-state index in [1.54, 1.807) is 13.3 Å². The average molecular weight is 374 g/mol. The maximum absolute atomic E-state index is 5.45. The molecule has 4 heterocycles. The standard InChI is InChI=1S/C21H22N6O/c1-28-17-6-4-16(5-7-17)25-21-24-13-19-18(8-10-27(19)26-21)15-11-14-3-2-9-22-20(14)23-12-15/h2-3,8-13,16-17H,4-7H2,1H3,(H,25,26). The minimum absolute atomic E-state index is 0.388. The summed E-state index contributed by atoms with van der Waals surface area (Å²) in [5.41, 5.74) is 3.80. The summed E-state index contributed by atoms with van der Waals surface area (Å²) in [5, 5.41) is 9.14. The van der Waals surface area contributed by atoms with E-state index in [4.69, 9.17) is 4.74 Å². The molecular weight excluding hydrogens is 352 g/mol. The van der Waals surface area contributed by atoms with Crippen molar-refractivity contribution in [2.24, 2.45) is 0 Å². The lowest BCUT2D eigenvalue weighted by Crippen LogP contribution is -2.30. The highest BCUT2D eigenvalue weighted by Crippen LogP contribution is 2.27. The summed E-state index contributed by atoms with van der Waals surface area (Å²) in [6.45, 7) is 0. The summed E-state index contributed by atoms with van der Waals surface area (Å²) in [7, 11) is 1.79. The van der Waals surface area contributed by atoms with E-state index >= 15 is 0 Å². The summed E-state index contributed by atoms with van der Waals surface area (Å²) >= 11 is 0. The van der Waals surface area contributed by atoms with Gasteiger partial charge in [0.1, 0.15) is 0 Å². The van der Waals surface area contributed by atoms with Crippen LogP contribution >= 0.6 is 0 Å². The minimum Gasteiger partial charge on any atom is -0.381 e. The molecule has 0 bridgehead atoms. The minimum atomic E-state index is 0.388. The van der Waals surface area contributed by atoms with Gasteiger partial charge in [-0.1, -0.05) is 0 Å². The van der Waals surface area contributed by atoms with Gasteiger partial charge in [-0.25, -0.2) is 19.5 Å². The molecule has 0 atom stereocenters. The molecule has 0 aliphatic heterocycles. The Balaban J connectivity index is 1.40. The summed E-state index contributed by atoms with van der Waals surface area (Å²) in [5.74, 6) is 0.663. The molecule has 0 amide bonds. The highest BCUT2D eigenvalue weighted by Gasteiger charge is 2.21. The van der Waals surface area contributed by atoms with Gasteiger partial charge >= 0.3 is 0 Å². The van der Waals surface area contributed by atoms with Crippen LogP contribution in [0.25, 0.3) is 27.7 Å². The summed E-state index contributed by atoms with van der Waals surface area (Å²) in [4.78, 5) is 13.3. The number of aromatic nitrogens is 5. The van der Waals surface area contributed by atoms with Crippen LogP contribution in [0.1, 0.15) is 25.7 Å². The van der Waals surface area contributed by atoms with Crippen molar-refractivity contribution in [1.29, 1.82) is 0 Å². The van der Waals surface area contributed by atoms with Crippen LogP contribution in [-0.4, -0.2) is 43.8 Å². The molecule has 1 saturated carbocycles. The van der Waals surface area contributed by atoms with Gasteiger partial charge in [0.15, 0.2) is 5.65 Å². The molecular formula is C21H22N6O. The third-order valence-corrected chi connectivity index (χ3v) is 5.52. The molecule has 0 saturated heterocycles. The van der Waals surface area contributed by atoms with Gasteiger partial charge in [-0.15, -0.1) is 5.10 Å². The van der Waals surface area contributed by atoms with Gasteiger partial charge in [-0.3, -0.25) is 0 Å². The Labute approximate surface area is 162 Å². The van der Waals surface area contributed by atoms with E-state index in [2.05, 4.69) is 37.5 Å². The Bertz CT molecular complexity index is 1120. The van der Waals surface area contributed by atoms with Gasteiger partial charge < -0.3 is 10.1 Å². The fraction of sp³-hybridized carbons (Fsp3) is 0.333. The molecule has 1 N–H and O–H groups in total. The van der Waals surface area contributed by atoms with Crippen LogP contribution in [0.2, 0.25) is 0 Å². The Kier molecular flexibility index (Phi) is 4.37. The molecule has 4 aromatic heterocycles. The number of rotatable bonds is 4. The van der Waals surface area contributed by atoms with Crippen LogP contribution in [0.5, 0.6) is 0 Å². The van der Waals surface area contributed by atoms with Crippen molar-refractivity contribution in [1.82, 2.24) is 24.6 Å². The monoisotopic (exact) mass is 374 g/mol. The van der Waals surface area contributed by atoms with E-state index in [1.165, 1.54) is 0 Å². The molecule has 0 radical (unpaired) electrons. The van der Waals surface area contributed by atoms with Crippen LogP contribution in [0, 0.1) is 0 Å². The first-order valence-corrected chi connectivity index (χ1v) is 9.65. The first-order valence-electron chi connectivity index (χ1n) is 9.65. The number of fused-ring (bicyclic) bond motifs is 2. The van der Waals surface area contributed by atoms with Gasteiger partial charge in [-0.2, -0.15) is 0 Å². The van der Waals surface area contributed by atoms with Crippen molar-refractivity contribution in [3.05, 3.63) is 49.1 Å². The second kappa shape index (κ2) is 7.16. The number of anilines is 1. The Hall–Kier alpha value is -3.06. The van der Waals surface area contributed by atoms with Gasteiger partial charge in [0.2, 0.25) is 5.95 Å². The van der Waals surface area contributed by atoms with Crippen molar-refractivity contribution in [2.45, 2.75) is 37.8 Å². The highest BCUT2D eigenvalue weighted by atomic mass is 16.5. The Morgan fingerprint density at radius 2 is 1.96 bits per heavy atom. The van der Waals surface area contributed by atoms with Gasteiger partial charge in [-0.05, 0) is 49.9 Å². The van der Waals surface area contributed by atoms with E-state index in [1.807, 2.05) is 35.2 Å². The molecule has 28 heavy (non-hydrogen) atoms. The van der Waals surface area contributed by atoms with E-state index in [9.17, 15) is 0 Å². The predicted molar refractivity (Wildman–Crippen MR) is 108 cm³/mol. The molecule has 1 aliphatic rings. The number of hydrogen-bond donors (Lipinski definition) is 1. The van der Waals surface area contributed by atoms with E-state index < -0.39 is 0 Å².